The van der Waals surface area contributed by atoms with E-state index in [2.05, 4.69) is 41.5 Å². The Labute approximate surface area is 114 Å². The normalized spacial score (nSPS) is 16.5. The molecule has 0 bridgehead atoms. The van der Waals surface area contributed by atoms with Crippen molar-refractivity contribution in [3.05, 3.63) is 48.5 Å². The predicted octanol–water partition coefficient (Wildman–Crippen LogP) is 3.01. The second-order valence-corrected chi connectivity index (χ2v) is 5.58. The maximum Gasteiger partial charge on any atom is 0.0991 e. The predicted molar refractivity (Wildman–Crippen MR) is 77.2 cm³/mol. The summed E-state index contributed by atoms with van der Waals surface area (Å²) in [4.78, 5) is 4.06. The summed E-state index contributed by atoms with van der Waals surface area (Å²) in [7, 11) is 0. The van der Waals surface area contributed by atoms with Crippen molar-refractivity contribution >= 4 is 0 Å². The van der Waals surface area contributed by atoms with Gasteiger partial charge in [0.05, 0.1) is 6.33 Å². The van der Waals surface area contributed by atoms with Gasteiger partial charge in [-0.05, 0) is 48.9 Å². The molecule has 1 aliphatic carbocycles. The fourth-order valence-corrected chi connectivity index (χ4v) is 2.47. The van der Waals surface area contributed by atoms with Crippen LogP contribution in [-0.2, 0) is 6.54 Å². The summed E-state index contributed by atoms with van der Waals surface area (Å²) in [5.74, 6) is 1.81. The van der Waals surface area contributed by atoms with Gasteiger partial charge in [0, 0.05) is 24.6 Å². The highest BCUT2D eigenvalue weighted by Crippen LogP contribution is 2.36. The van der Waals surface area contributed by atoms with Crippen LogP contribution >= 0.6 is 0 Å². The maximum atomic E-state index is 4.06. The molecule has 1 atom stereocenters. The van der Waals surface area contributed by atoms with Crippen molar-refractivity contribution < 1.29 is 0 Å². The van der Waals surface area contributed by atoms with Crippen molar-refractivity contribution in [1.82, 2.24) is 14.9 Å². The largest absolute Gasteiger partial charge is 0.312 e. The molecule has 0 saturated heterocycles. The van der Waals surface area contributed by atoms with Crippen molar-refractivity contribution in [3.8, 4) is 5.69 Å². The Morgan fingerprint density at radius 3 is 2.74 bits per heavy atom. The molecule has 3 nitrogen and oxygen atoms in total. The van der Waals surface area contributed by atoms with Crippen molar-refractivity contribution in [1.29, 1.82) is 0 Å². The third kappa shape index (κ3) is 3.24. The van der Waals surface area contributed by atoms with Crippen LogP contribution in [0.1, 0.15) is 25.3 Å². The van der Waals surface area contributed by atoms with Crippen LogP contribution in [0.2, 0.25) is 0 Å². The van der Waals surface area contributed by atoms with Crippen LogP contribution in [0.3, 0.4) is 0 Å². The van der Waals surface area contributed by atoms with Crippen molar-refractivity contribution in [2.75, 3.05) is 6.54 Å². The van der Waals surface area contributed by atoms with Gasteiger partial charge in [0.15, 0.2) is 0 Å². The van der Waals surface area contributed by atoms with Gasteiger partial charge in [-0.1, -0.05) is 19.1 Å². The molecule has 1 heterocycles. The molecule has 2 aromatic rings. The first-order valence-electron chi connectivity index (χ1n) is 7.11. The standard InChI is InChI=1S/C16H21N3/c1-13(15-4-5-15)10-18-11-14-2-6-16(7-3-14)19-9-8-17-12-19/h2-3,6-9,12-13,15,18H,4-5,10-11H2,1H3. The lowest BCUT2D eigenvalue weighted by Crippen LogP contribution is -2.21. The molecule has 1 fully saturated rings. The zero-order valence-corrected chi connectivity index (χ0v) is 11.4. The molecule has 0 radical (unpaired) electrons. The quantitative estimate of drug-likeness (QED) is 0.860. The second kappa shape index (κ2) is 5.57. The van der Waals surface area contributed by atoms with Crippen LogP contribution in [0, 0.1) is 11.8 Å². The van der Waals surface area contributed by atoms with Gasteiger partial charge in [0.1, 0.15) is 0 Å². The Morgan fingerprint density at radius 1 is 1.32 bits per heavy atom. The lowest BCUT2D eigenvalue weighted by atomic mass is 10.1. The van der Waals surface area contributed by atoms with Gasteiger partial charge in [0.25, 0.3) is 0 Å². The molecule has 3 rings (SSSR count). The van der Waals surface area contributed by atoms with Gasteiger partial charge in [-0.15, -0.1) is 0 Å². The van der Waals surface area contributed by atoms with E-state index in [1.54, 1.807) is 6.20 Å². The minimum Gasteiger partial charge on any atom is -0.312 e. The Morgan fingerprint density at radius 2 is 2.11 bits per heavy atom. The van der Waals surface area contributed by atoms with E-state index in [1.165, 1.54) is 18.4 Å². The van der Waals surface area contributed by atoms with Crippen molar-refractivity contribution in [2.24, 2.45) is 11.8 Å². The van der Waals surface area contributed by atoms with E-state index in [-0.39, 0.29) is 0 Å². The fourth-order valence-electron chi connectivity index (χ4n) is 2.47. The van der Waals surface area contributed by atoms with Crippen molar-refractivity contribution in [2.45, 2.75) is 26.3 Å². The molecular formula is C16H21N3. The molecular weight excluding hydrogens is 234 g/mol. The lowest BCUT2D eigenvalue weighted by Gasteiger charge is -2.11. The minimum atomic E-state index is 0.824. The molecule has 0 spiro atoms. The van der Waals surface area contributed by atoms with Crippen LogP contribution < -0.4 is 5.32 Å². The first-order valence-corrected chi connectivity index (χ1v) is 7.11. The number of rotatable bonds is 6. The molecule has 1 aromatic carbocycles. The smallest absolute Gasteiger partial charge is 0.0991 e. The molecule has 19 heavy (non-hydrogen) atoms. The molecule has 1 N–H and O–H groups in total. The monoisotopic (exact) mass is 255 g/mol. The van der Waals surface area contributed by atoms with Crippen molar-refractivity contribution in [3.63, 3.8) is 0 Å². The highest BCUT2D eigenvalue weighted by molar-refractivity contribution is 5.34. The van der Waals surface area contributed by atoms with Crippen LogP contribution in [-0.4, -0.2) is 16.1 Å². The minimum absolute atomic E-state index is 0.824. The molecule has 1 saturated carbocycles. The maximum absolute atomic E-state index is 4.06. The Hall–Kier alpha value is -1.61. The van der Waals surface area contributed by atoms with Crippen LogP contribution in [0.15, 0.2) is 43.0 Å². The van der Waals surface area contributed by atoms with Gasteiger partial charge in [-0.3, -0.25) is 0 Å². The first-order chi connectivity index (χ1) is 9.33. The van der Waals surface area contributed by atoms with E-state index in [0.717, 1.165) is 30.6 Å². The van der Waals surface area contributed by atoms with Gasteiger partial charge in [-0.2, -0.15) is 0 Å². The third-order valence-electron chi connectivity index (χ3n) is 3.96. The summed E-state index contributed by atoms with van der Waals surface area (Å²) in [6.45, 7) is 4.45. The number of nitrogens with one attached hydrogen (secondary N) is 1. The Bertz CT molecular complexity index is 497. The molecule has 3 heteroatoms. The van der Waals surface area contributed by atoms with Crippen LogP contribution in [0.4, 0.5) is 0 Å². The summed E-state index contributed by atoms with van der Waals surface area (Å²) < 4.78 is 2.02. The van der Waals surface area contributed by atoms with Gasteiger partial charge < -0.3 is 9.88 Å². The number of hydrogen-bond donors (Lipinski definition) is 1. The highest BCUT2D eigenvalue weighted by Gasteiger charge is 2.27. The highest BCUT2D eigenvalue weighted by atomic mass is 15.0. The van der Waals surface area contributed by atoms with E-state index in [1.807, 2.05) is 17.1 Å². The number of nitrogens with zero attached hydrogens (tertiary/aromatic N) is 2. The van der Waals surface area contributed by atoms with E-state index >= 15 is 0 Å². The van der Waals surface area contributed by atoms with E-state index in [9.17, 15) is 0 Å². The van der Waals surface area contributed by atoms with Crippen LogP contribution in [0.5, 0.6) is 0 Å². The summed E-state index contributed by atoms with van der Waals surface area (Å²) >= 11 is 0. The SMILES string of the molecule is CC(CNCc1ccc(-n2ccnc2)cc1)C1CC1. The summed E-state index contributed by atoms with van der Waals surface area (Å²) in [5.41, 5.74) is 2.50. The number of imidazole rings is 1. The summed E-state index contributed by atoms with van der Waals surface area (Å²) in [6.07, 6.45) is 8.45. The average Bonchev–Trinajstić information content (AvgIpc) is 3.15. The van der Waals surface area contributed by atoms with E-state index in [0.29, 0.717) is 0 Å². The van der Waals surface area contributed by atoms with Gasteiger partial charge in [-0.25, -0.2) is 4.98 Å². The van der Waals surface area contributed by atoms with Crippen LogP contribution in [0.25, 0.3) is 5.69 Å². The fraction of sp³-hybridized carbons (Fsp3) is 0.438. The third-order valence-corrected chi connectivity index (χ3v) is 3.96. The number of aromatic nitrogens is 2. The molecule has 100 valence electrons. The van der Waals surface area contributed by atoms with E-state index < -0.39 is 0 Å². The molecule has 1 unspecified atom stereocenters. The first kappa shape index (κ1) is 12.4. The number of hydrogen-bond acceptors (Lipinski definition) is 2. The molecule has 0 aliphatic heterocycles. The molecule has 0 amide bonds. The summed E-state index contributed by atoms with van der Waals surface area (Å²) in [5, 5.41) is 3.56. The molecule has 1 aromatic heterocycles. The zero-order valence-electron chi connectivity index (χ0n) is 11.4. The Kier molecular flexibility index (Phi) is 3.65. The number of benzene rings is 1. The topological polar surface area (TPSA) is 29.9 Å². The van der Waals surface area contributed by atoms with Gasteiger partial charge in [0.2, 0.25) is 0 Å². The van der Waals surface area contributed by atoms with E-state index in [4.69, 9.17) is 0 Å². The zero-order chi connectivity index (χ0) is 13.1. The summed E-state index contributed by atoms with van der Waals surface area (Å²) in [6, 6.07) is 8.65. The Balaban J connectivity index is 1.51. The van der Waals surface area contributed by atoms with Gasteiger partial charge >= 0.3 is 0 Å². The average molecular weight is 255 g/mol. The molecule has 1 aliphatic rings. The lowest BCUT2D eigenvalue weighted by molar-refractivity contribution is 0.461. The second-order valence-electron chi connectivity index (χ2n) is 5.58.